The lowest BCUT2D eigenvalue weighted by molar-refractivity contribution is 0.740. The largest absolute Gasteiger partial charge is 0.198 e. The molecule has 0 radical (unpaired) electrons. The molecule has 0 aliphatic rings. The van der Waals surface area contributed by atoms with E-state index in [4.69, 9.17) is 5.26 Å². The highest BCUT2D eigenvalue weighted by molar-refractivity contribution is 7.80. The van der Waals surface area contributed by atoms with Crippen LogP contribution in [0.3, 0.4) is 0 Å². The summed E-state index contributed by atoms with van der Waals surface area (Å²) >= 11 is 4.04. The van der Waals surface area contributed by atoms with E-state index >= 15 is 0 Å². The molecule has 0 saturated carbocycles. The Balaban J connectivity index is 2.65. The third kappa shape index (κ3) is 5.84. The predicted octanol–water partition coefficient (Wildman–Crippen LogP) is 2.00. The lowest BCUT2D eigenvalue weighted by atomic mass is 10.2. The second kappa shape index (κ2) is 6.84. The van der Waals surface area contributed by atoms with Crippen molar-refractivity contribution in [3.8, 4) is 6.07 Å². The van der Waals surface area contributed by atoms with Crippen molar-refractivity contribution in [1.82, 2.24) is 0 Å². The normalized spacial score (nSPS) is 8.50. The lowest BCUT2D eigenvalue weighted by Crippen LogP contribution is -1.75. The van der Waals surface area contributed by atoms with E-state index in [1.165, 1.54) is 0 Å². The Morgan fingerprint density at radius 1 is 1.25 bits per heavy atom. The van der Waals surface area contributed by atoms with Crippen LogP contribution >= 0.6 is 12.6 Å². The molecule has 8 heavy (non-hydrogen) atoms. The lowest BCUT2D eigenvalue weighted by Gasteiger charge is -1.89. The summed E-state index contributed by atoms with van der Waals surface area (Å²) in [4.78, 5) is 0. The average Bonchev–Trinajstić information content (AvgIpc) is 1.81. The van der Waals surface area contributed by atoms with Gasteiger partial charge in [-0.2, -0.15) is 17.9 Å². The molecule has 0 rings (SSSR count). The first-order valence-electron chi connectivity index (χ1n) is 2.89. The summed E-state index contributed by atoms with van der Waals surface area (Å²) in [6.45, 7) is 0. The van der Waals surface area contributed by atoms with Crippen molar-refractivity contribution in [3.05, 3.63) is 0 Å². The van der Waals surface area contributed by atoms with Crippen molar-refractivity contribution in [2.45, 2.75) is 25.7 Å². The van der Waals surface area contributed by atoms with Crippen molar-refractivity contribution in [1.29, 1.82) is 5.26 Å². The second-order valence-electron chi connectivity index (χ2n) is 1.69. The van der Waals surface area contributed by atoms with Crippen LogP contribution in [0.4, 0.5) is 0 Å². The van der Waals surface area contributed by atoms with E-state index in [1.54, 1.807) is 0 Å². The monoisotopic (exact) mass is 129 g/mol. The highest BCUT2D eigenvalue weighted by atomic mass is 32.1. The number of hydrogen-bond acceptors (Lipinski definition) is 2. The molecule has 0 aromatic rings. The summed E-state index contributed by atoms with van der Waals surface area (Å²) in [6.07, 6.45) is 4.03. The van der Waals surface area contributed by atoms with E-state index in [9.17, 15) is 0 Å². The maximum absolute atomic E-state index is 8.10. The molecular weight excluding hydrogens is 118 g/mol. The maximum atomic E-state index is 8.10. The first-order chi connectivity index (χ1) is 3.91. The fourth-order valence-electron chi connectivity index (χ4n) is 0.493. The van der Waals surface area contributed by atoms with E-state index in [2.05, 4.69) is 18.7 Å². The molecule has 0 atom stereocenters. The minimum atomic E-state index is 0.702. The number of unbranched alkanes of at least 4 members (excludes halogenated alkanes) is 3. The second-order valence-corrected chi connectivity index (χ2v) is 2.14. The van der Waals surface area contributed by atoms with Crippen molar-refractivity contribution in [2.75, 3.05) is 5.75 Å². The van der Waals surface area contributed by atoms with Crippen molar-refractivity contribution >= 4 is 12.6 Å². The first kappa shape index (κ1) is 7.84. The van der Waals surface area contributed by atoms with Crippen LogP contribution in [0.25, 0.3) is 0 Å². The topological polar surface area (TPSA) is 23.8 Å². The van der Waals surface area contributed by atoms with Crippen LogP contribution in [-0.2, 0) is 0 Å². The Morgan fingerprint density at radius 2 is 2.00 bits per heavy atom. The molecule has 0 unspecified atom stereocenters. The van der Waals surface area contributed by atoms with Crippen LogP contribution in [-0.4, -0.2) is 5.75 Å². The minimum absolute atomic E-state index is 0.702. The Kier molecular flexibility index (Phi) is 6.70. The van der Waals surface area contributed by atoms with Gasteiger partial charge in [-0.25, -0.2) is 0 Å². The Morgan fingerprint density at radius 3 is 2.50 bits per heavy atom. The highest BCUT2D eigenvalue weighted by Crippen LogP contribution is 1.98. The van der Waals surface area contributed by atoms with Crippen LogP contribution in [0, 0.1) is 11.3 Å². The first-order valence-corrected chi connectivity index (χ1v) is 3.53. The summed E-state index contributed by atoms with van der Waals surface area (Å²) in [7, 11) is 0. The number of hydrogen-bond donors (Lipinski definition) is 1. The van der Waals surface area contributed by atoms with Gasteiger partial charge in [-0.3, -0.25) is 0 Å². The third-order valence-electron chi connectivity index (χ3n) is 0.947. The van der Waals surface area contributed by atoms with E-state index in [-0.39, 0.29) is 0 Å². The van der Waals surface area contributed by atoms with E-state index in [0.29, 0.717) is 6.42 Å². The summed E-state index contributed by atoms with van der Waals surface area (Å²) in [5.41, 5.74) is 0. The molecular formula is C6H11NS. The summed E-state index contributed by atoms with van der Waals surface area (Å²) in [5.74, 6) is 0.950. The fourth-order valence-corrected chi connectivity index (χ4v) is 0.716. The molecule has 1 nitrogen and oxygen atoms in total. The van der Waals surface area contributed by atoms with E-state index in [0.717, 1.165) is 25.0 Å². The zero-order chi connectivity index (χ0) is 6.24. The molecule has 2 heteroatoms. The summed E-state index contributed by atoms with van der Waals surface area (Å²) in [5, 5.41) is 8.10. The average molecular weight is 129 g/mol. The van der Waals surface area contributed by atoms with Gasteiger partial charge in [0.15, 0.2) is 0 Å². The fraction of sp³-hybridized carbons (Fsp3) is 0.833. The smallest absolute Gasteiger partial charge is 0.0621 e. The molecule has 0 fully saturated rings. The Labute approximate surface area is 56.1 Å². The quantitative estimate of drug-likeness (QED) is 0.455. The zero-order valence-corrected chi connectivity index (χ0v) is 5.82. The van der Waals surface area contributed by atoms with Crippen LogP contribution in [0.1, 0.15) is 25.7 Å². The molecule has 0 aromatic heterocycles. The van der Waals surface area contributed by atoms with Crippen LogP contribution in [0.5, 0.6) is 0 Å². The van der Waals surface area contributed by atoms with Crippen molar-refractivity contribution < 1.29 is 0 Å². The summed E-state index contributed by atoms with van der Waals surface area (Å²) < 4.78 is 0. The highest BCUT2D eigenvalue weighted by Gasteiger charge is 1.83. The van der Waals surface area contributed by atoms with Gasteiger partial charge >= 0.3 is 0 Å². The standard InChI is InChI=1S/C6H11NS/c7-5-3-1-2-4-6-8/h8H,1-4,6H2. The molecule has 0 aromatic carbocycles. The van der Waals surface area contributed by atoms with E-state index < -0.39 is 0 Å². The molecule has 0 N–H and O–H groups in total. The van der Waals surface area contributed by atoms with Gasteiger partial charge in [0.2, 0.25) is 0 Å². The number of nitriles is 1. The molecule has 0 spiro atoms. The minimum Gasteiger partial charge on any atom is -0.198 e. The van der Waals surface area contributed by atoms with Gasteiger partial charge < -0.3 is 0 Å². The molecule has 0 aliphatic heterocycles. The van der Waals surface area contributed by atoms with E-state index in [1.807, 2.05) is 0 Å². The Hall–Kier alpha value is -0.160. The zero-order valence-electron chi connectivity index (χ0n) is 4.93. The van der Waals surface area contributed by atoms with Gasteiger partial charge in [-0.15, -0.1) is 0 Å². The van der Waals surface area contributed by atoms with Crippen molar-refractivity contribution in [2.24, 2.45) is 0 Å². The van der Waals surface area contributed by atoms with Gasteiger partial charge in [0.1, 0.15) is 0 Å². The molecule has 0 bridgehead atoms. The Bertz CT molecular complexity index is 75.1. The molecule has 0 saturated heterocycles. The van der Waals surface area contributed by atoms with Crippen LogP contribution in [0.2, 0.25) is 0 Å². The van der Waals surface area contributed by atoms with Crippen molar-refractivity contribution in [3.63, 3.8) is 0 Å². The van der Waals surface area contributed by atoms with Gasteiger partial charge in [-0.1, -0.05) is 6.42 Å². The predicted molar refractivity (Wildman–Crippen MR) is 37.9 cm³/mol. The SMILES string of the molecule is N#CCCCCCS. The van der Waals surface area contributed by atoms with Gasteiger partial charge in [0.05, 0.1) is 6.07 Å². The number of rotatable bonds is 4. The van der Waals surface area contributed by atoms with Gasteiger partial charge in [0.25, 0.3) is 0 Å². The van der Waals surface area contributed by atoms with Gasteiger partial charge in [0, 0.05) is 6.42 Å². The van der Waals surface area contributed by atoms with Gasteiger partial charge in [-0.05, 0) is 18.6 Å². The number of thiol groups is 1. The molecule has 0 heterocycles. The number of nitrogens with zero attached hydrogens (tertiary/aromatic N) is 1. The van der Waals surface area contributed by atoms with Crippen LogP contribution in [0.15, 0.2) is 0 Å². The molecule has 0 amide bonds. The summed E-state index contributed by atoms with van der Waals surface area (Å²) in [6, 6.07) is 2.10. The maximum Gasteiger partial charge on any atom is 0.0621 e. The molecule has 46 valence electrons. The van der Waals surface area contributed by atoms with Crippen LogP contribution < -0.4 is 0 Å². The molecule has 0 aliphatic carbocycles. The third-order valence-corrected chi connectivity index (χ3v) is 1.26.